The van der Waals surface area contributed by atoms with Gasteiger partial charge in [0.2, 0.25) is 0 Å². The second-order valence-electron chi connectivity index (χ2n) is 14.2. The van der Waals surface area contributed by atoms with Crippen LogP contribution in [0.25, 0.3) is 10.2 Å². The zero-order valence-electron chi connectivity index (χ0n) is 30.9. The first-order valence-corrected chi connectivity index (χ1v) is 18.8. The lowest BCUT2D eigenvalue weighted by Gasteiger charge is -2.38. The van der Waals surface area contributed by atoms with E-state index < -0.39 is 23.7 Å². The Kier molecular flexibility index (Phi) is 12.3. The summed E-state index contributed by atoms with van der Waals surface area (Å²) in [5.74, 6) is -2.65. The first-order valence-electron chi connectivity index (χ1n) is 18.0. The van der Waals surface area contributed by atoms with Crippen LogP contribution in [0, 0.1) is 5.92 Å². The Labute approximate surface area is 313 Å². The van der Waals surface area contributed by atoms with E-state index in [-0.39, 0.29) is 11.5 Å². The number of pyridine rings is 2. The summed E-state index contributed by atoms with van der Waals surface area (Å²) in [7, 11) is 2.18. The van der Waals surface area contributed by atoms with Gasteiger partial charge < -0.3 is 37.0 Å². The van der Waals surface area contributed by atoms with E-state index in [9.17, 15) is 19.2 Å². The highest BCUT2D eigenvalue weighted by Gasteiger charge is 2.36. The number of likely N-dealkylation sites (tertiary alicyclic amines) is 2. The van der Waals surface area contributed by atoms with Gasteiger partial charge in [-0.25, -0.2) is 19.7 Å². The summed E-state index contributed by atoms with van der Waals surface area (Å²) >= 11 is 1.79. The van der Waals surface area contributed by atoms with Gasteiger partial charge in [-0.1, -0.05) is 33.8 Å². The SMILES string of the molecule is CCc1cc(NC(=O)C(=O)N2C[C@@H](C)CC[C@@H]2c2ccc3sc(C4(C)CCN(C)CC4)nc3c2)cnc1N.CCc1cc(NC(=O)C(=O)O)cnc1N. The van der Waals surface area contributed by atoms with Crippen molar-refractivity contribution in [2.75, 3.05) is 48.8 Å². The van der Waals surface area contributed by atoms with Gasteiger partial charge in [0.25, 0.3) is 0 Å². The molecule has 2 aliphatic rings. The molecule has 5 heterocycles. The first-order chi connectivity index (χ1) is 25.2. The van der Waals surface area contributed by atoms with Crippen molar-refractivity contribution in [3.8, 4) is 0 Å². The predicted octanol–water partition coefficient (Wildman–Crippen LogP) is 5.01. The highest BCUT2D eigenvalue weighted by atomic mass is 32.1. The fourth-order valence-corrected chi connectivity index (χ4v) is 7.85. The molecule has 0 aliphatic carbocycles. The van der Waals surface area contributed by atoms with E-state index in [1.165, 1.54) is 22.1 Å². The normalized spacial score (nSPS) is 18.5. The molecule has 2 saturated heterocycles. The number of nitrogens with zero attached hydrogens (tertiary/aromatic N) is 5. The molecule has 0 unspecified atom stereocenters. The number of rotatable bonds is 6. The molecule has 2 atom stereocenters. The van der Waals surface area contributed by atoms with Crippen molar-refractivity contribution in [1.82, 2.24) is 24.8 Å². The third-order valence-electron chi connectivity index (χ3n) is 10.2. The van der Waals surface area contributed by atoms with Crippen LogP contribution in [-0.4, -0.2) is 80.2 Å². The third-order valence-corrected chi connectivity index (χ3v) is 11.5. The molecule has 14 nitrogen and oxygen atoms in total. The molecule has 1 aromatic carbocycles. The molecule has 2 fully saturated rings. The van der Waals surface area contributed by atoms with Gasteiger partial charge in [0.15, 0.2) is 0 Å². The van der Waals surface area contributed by atoms with Gasteiger partial charge >= 0.3 is 23.7 Å². The van der Waals surface area contributed by atoms with Crippen LogP contribution >= 0.6 is 11.3 Å². The molecule has 4 aromatic rings. The van der Waals surface area contributed by atoms with Crippen molar-refractivity contribution >= 4 is 68.3 Å². The second-order valence-corrected chi connectivity index (χ2v) is 15.3. The minimum Gasteiger partial charge on any atom is -0.474 e. The number of fused-ring (bicyclic) bond motifs is 1. The molecule has 2 aliphatic heterocycles. The van der Waals surface area contributed by atoms with Crippen molar-refractivity contribution in [1.29, 1.82) is 0 Å². The maximum absolute atomic E-state index is 13.4. The molecular formula is C38H49N9O5S. The summed E-state index contributed by atoms with van der Waals surface area (Å²) in [6.07, 6.45) is 8.20. The van der Waals surface area contributed by atoms with E-state index >= 15 is 0 Å². The minimum absolute atomic E-state index is 0.103. The molecule has 15 heteroatoms. The summed E-state index contributed by atoms with van der Waals surface area (Å²) in [6, 6.07) is 9.60. The number of anilines is 4. The number of aliphatic carboxylic acids is 1. The lowest BCUT2D eigenvalue weighted by Crippen LogP contribution is -2.46. The van der Waals surface area contributed by atoms with E-state index in [2.05, 4.69) is 64.6 Å². The molecule has 0 saturated carbocycles. The van der Waals surface area contributed by atoms with Crippen LogP contribution in [0.5, 0.6) is 0 Å². The van der Waals surface area contributed by atoms with E-state index in [0.717, 1.165) is 61.0 Å². The summed E-state index contributed by atoms with van der Waals surface area (Å²) in [5, 5.41) is 14.5. The summed E-state index contributed by atoms with van der Waals surface area (Å²) < 4.78 is 1.17. The lowest BCUT2D eigenvalue weighted by atomic mass is 9.81. The maximum Gasteiger partial charge on any atom is 0.394 e. The Balaban J connectivity index is 0.000000303. The fraction of sp³-hybridized carbons (Fsp3) is 0.447. The molecule has 6 rings (SSSR count). The molecule has 53 heavy (non-hydrogen) atoms. The number of nitrogens with two attached hydrogens (primary N) is 2. The van der Waals surface area contributed by atoms with Crippen molar-refractivity contribution < 1.29 is 24.3 Å². The number of carboxylic acids is 1. The van der Waals surface area contributed by atoms with Gasteiger partial charge in [0.05, 0.1) is 45.0 Å². The quantitative estimate of drug-likeness (QED) is 0.166. The Hall–Kier alpha value is -5.15. The standard InChI is InChI=1S/C29H38N6O2S.C9H11N3O3/c1-5-19-14-21(16-31-25(19)30)32-26(36)27(37)35-17-18(2)6-8-23(35)20-7-9-24-22(15-20)33-28(38-24)29(3)10-12-34(4)13-11-29;1-2-5-3-6(4-11-7(5)10)12-8(13)9(14)15/h7,9,14-16,18,23H,5-6,8,10-13,17H2,1-4H3,(H2,30,31)(H,32,36);3-4H,2H2,1H3,(H2,10,11)(H,12,13)(H,14,15)/t18-,23+;/m0./s1. The first kappa shape index (κ1) is 39.1. The largest absolute Gasteiger partial charge is 0.474 e. The van der Waals surface area contributed by atoms with Gasteiger partial charge in [-0.3, -0.25) is 14.4 Å². The Morgan fingerprint density at radius 2 is 1.51 bits per heavy atom. The van der Waals surface area contributed by atoms with Crippen LogP contribution in [-0.2, 0) is 37.4 Å². The van der Waals surface area contributed by atoms with E-state index in [1.54, 1.807) is 28.4 Å². The average molecular weight is 744 g/mol. The molecule has 3 aromatic heterocycles. The topological polar surface area (TPSA) is 210 Å². The highest BCUT2D eigenvalue weighted by Crippen LogP contribution is 2.41. The number of aromatic nitrogens is 3. The highest BCUT2D eigenvalue weighted by molar-refractivity contribution is 7.18. The molecule has 0 radical (unpaired) electrons. The number of nitrogens with one attached hydrogen (secondary N) is 2. The monoisotopic (exact) mass is 743 g/mol. The van der Waals surface area contributed by atoms with Crippen molar-refractivity contribution in [2.24, 2.45) is 5.92 Å². The zero-order valence-corrected chi connectivity index (χ0v) is 31.8. The number of thiazole rings is 1. The Morgan fingerprint density at radius 1 is 0.925 bits per heavy atom. The van der Waals surface area contributed by atoms with Gasteiger partial charge in [-0.15, -0.1) is 11.3 Å². The van der Waals surface area contributed by atoms with Crippen LogP contribution in [0.4, 0.5) is 23.0 Å². The number of carbonyl (C=O) groups excluding carboxylic acids is 3. The average Bonchev–Trinajstić information content (AvgIpc) is 3.59. The summed E-state index contributed by atoms with van der Waals surface area (Å²) in [5.41, 5.74) is 16.0. The van der Waals surface area contributed by atoms with Crippen molar-refractivity contribution in [2.45, 2.75) is 77.7 Å². The van der Waals surface area contributed by atoms with Gasteiger partial charge in [0.1, 0.15) is 11.6 Å². The van der Waals surface area contributed by atoms with Crippen LogP contribution in [0.15, 0.2) is 42.7 Å². The number of amides is 3. The van der Waals surface area contributed by atoms with Crippen LogP contribution in [0.2, 0.25) is 0 Å². The molecular weight excluding hydrogens is 695 g/mol. The second kappa shape index (κ2) is 16.7. The van der Waals surface area contributed by atoms with Gasteiger partial charge in [-0.2, -0.15) is 0 Å². The maximum atomic E-state index is 13.4. The number of carbonyl (C=O) groups is 4. The zero-order chi connectivity index (χ0) is 38.4. The molecule has 0 bridgehead atoms. The van der Waals surface area contributed by atoms with Crippen LogP contribution in [0.1, 0.15) is 81.1 Å². The fourth-order valence-electron chi connectivity index (χ4n) is 6.70. The predicted molar refractivity (Wildman–Crippen MR) is 208 cm³/mol. The molecule has 0 spiro atoms. The number of hydrogen-bond donors (Lipinski definition) is 5. The number of nitrogen functional groups attached to an aromatic ring is 2. The van der Waals surface area contributed by atoms with Gasteiger partial charge in [-0.05, 0) is 106 Å². The molecule has 282 valence electrons. The Morgan fingerprint density at radius 3 is 2.08 bits per heavy atom. The molecule has 3 amide bonds. The number of benzene rings is 1. The van der Waals surface area contributed by atoms with Crippen molar-refractivity contribution in [3.05, 3.63) is 64.4 Å². The third kappa shape index (κ3) is 9.27. The van der Waals surface area contributed by atoms with Crippen molar-refractivity contribution in [3.63, 3.8) is 0 Å². The van der Waals surface area contributed by atoms with E-state index in [1.807, 2.05) is 13.8 Å². The van der Waals surface area contributed by atoms with E-state index in [0.29, 0.717) is 48.3 Å². The summed E-state index contributed by atoms with van der Waals surface area (Å²) in [6.45, 7) is 11.0. The lowest BCUT2D eigenvalue weighted by molar-refractivity contribution is -0.147. The smallest absolute Gasteiger partial charge is 0.394 e. The number of piperidine rings is 2. The minimum atomic E-state index is -1.54. The Bertz CT molecular complexity index is 1990. The summed E-state index contributed by atoms with van der Waals surface area (Å²) in [4.78, 5) is 64.8. The van der Waals surface area contributed by atoms with Gasteiger partial charge in [0, 0.05) is 12.0 Å². The number of hydrogen-bond acceptors (Lipinski definition) is 11. The number of aryl methyl sites for hydroxylation is 2. The molecule has 7 N–H and O–H groups in total. The number of carboxylic acid groups (broad SMARTS) is 1. The van der Waals surface area contributed by atoms with Crippen LogP contribution in [0.3, 0.4) is 0 Å². The van der Waals surface area contributed by atoms with Crippen LogP contribution < -0.4 is 22.1 Å². The van der Waals surface area contributed by atoms with E-state index in [4.69, 9.17) is 21.6 Å².